The van der Waals surface area contributed by atoms with E-state index in [-0.39, 0.29) is 18.7 Å². The van der Waals surface area contributed by atoms with E-state index in [2.05, 4.69) is 19.8 Å². The molecule has 0 spiro atoms. The van der Waals surface area contributed by atoms with Crippen molar-refractivity contribution >= 4 is 41.2 Å². The Bertz CT molecular complexity index is 1240. The first kappa shape index (κ1) is 23.1. The number of benzene rings is 1. The lowest BCUT2D eigenvalue weighted by Crippen LogP contribution is -2.49. The summed E-state index contributed by atoms with van der Waals surface area (Å²) in [6, 6.07) is 9.38. The number of halogens is 2. The number of imidazole rings is 1. The number of carbonyl (C=O) groups is 1. The minimum atomic E-state index is -0.280. The van der Waals surface area contributed by atoms with Crippen LogP contribution in [0.4, 0.5) is 0 Å². The van der Waals surface area contributed by atoms with E-state index in [1.54, 1.807) is 6.07 Å². The van der Waals surface area contributed by atoms with Crippen LogP contribution in [0.2, 0.25) is 10.0 Å². The number of fused-ring (bicyclic) bond motifs is 1. The minimum Gasteiger partial charge on any atom is -0.394 e. The Kier molecular flexibility index (Phi) is 6.71. The van der Waals surface area contributed by atoms with Crippen LogP contribution in [0.25, 0.3) is 16.9 Å². The average Bonchev–Trinajstić information content (AvgIpc) is 3.48. The standard InChI is InChI=1S/C23H24Cl2N6O3/c1-33-13-21(32)30-8-6-29(7-9-30)12-19-22(17-4-3-16(24)10-18(17)25)27-20-5-2-15(11-31(19)20)23-26-14-34-28-23/h2-5,10-11,14,23,28H,6-9,12-13H2,1H3. The van der Waals surface area contributed by atoms with Gasteiger partial charge in [-0.2, -0.15) is 0 Å². The molecule has 9 nitrogen and oxygen atoms in total. The van der Waals surface area contributed by atoms with Gasteiger partial charge in [0.15, 0.2) is 12.6 Å². The van der Waals surface area contributed by atoms with Crippen LogP contribution < -0.4 is 5.48 Å². The summed E-state index contributed by atoms with van der Waals surface area (Å²) in [5.41, 5.74) is 7.24. The molecule has 2 aliphatic heterocycles. The molecule has 1 fully saturated rings. The molecule has 2 aliphatic rings. The maximum absolute atomic E-state index is 12.2. The minimum absolute atomic E-state index is 0.0158. The second-order valence-electron chi connectivity index (χ2n) is 8.20. The predicted molar refractivity (Wildman–Crippen MR) is 130 cm³/mol. The van der Waals surface area contributed by atoms with Gasteiger partial charge in [-0.25, -0.2) is 9.98 Å². The van der Waals surface area contributed by atoms with Gasteiger partial charge in [0.25, 0.3) is 0 Å². The lowest BCUT2D eigenvalue weighted by molar-refractivity contribution is -0.136. The zero-order valence-corrected chi connectivity index (χ0v) is 20.1. The number of aliphatic imine (C=N–C) groups is 1. The van der Waals surface area contributed by atoms with E-state index < -0.39 is 0 Å². The molecule has 0 radical (unpaired) electrons. The maximum Gasteiger partial charge on any atom is 0.248 e. The average molecular weight is 503 g/mol. The van der Waals surface area contributed by atoms with Gasteiger partial charge in [0.05, 0.1) is 16.4 Å². The first-order chi connectivity index (χ1) is 16.5. The first-order valence-electron chi connectivity index (χ1n) is 10.9. The van der Waals surface area contributed by atoms with Crippen LogP contribution in [0.15, 0.2) is 41.5 Å². The van der Waals surface area contributed by atoms with Crippen LogP contribution >= 0.6 is 23.2 Å². The highest BCUT2D eigenvalue weighted by molar-refractivity contribution is 6.36. The van der Waals surface area contributed by atoms with Gasteiger partial charge in [0.2, 0.25) is 5.91 Å². The third-order valence-electron chi connectivity index (χ3n) is 6.05. The van der Waals surface area contributed by atoms with Crippen molar-refractivity contribution in [3.63, 3.8) is 0 Å². The maximum atomic E-state index is 12.2. The number of ether oxygens (including phenoxy) is 1. The smallest absolute Gasteiger partial charge is 0.248 e. The Hall–Kier alpha value is -2.69. The Morgan fingerprint density at radius 2 is 2.03 bits per heavy atom. The number of methoxy groups -OCH3 is 1. The summed E-state index contributed by atoms with van der Waals surface area (Å²) >= 11 is 12.7. The Labute approximate surface area is 206 Å². The molecule has 5 rings (SSSR count). The van der Waals surface area contributed by atoms with E-state index in [0.717, 1.165) is 41.3 Å². The Morgan fingerprint density at radius 1 is 1.21 bits per heavy atom. The fourth-order valence-corrected chi connectivity index (χ4v) is 4.77. The molecule has 4 heterocycles. The fourth-order valence-electron chi connectivity index (χ4n) is 4.27. The molecule has 1 unspecified atom stereocenters. The summed E-state index contributed by atoms with van der Waals surface area (Å²) in [6.45, 7) is 3.55. The number of carbonyl (C=O) groups excluding carboxylic acids is 1. The molecule has 2 aromatic heterocycles. The molecule has 0 bridgehead atoms. The topological polar surface area (TPSA) is 83.7 Å². The van der Waals surface area contributed by atoms with Gasteiger partial charge in [0.1, 0.15) is 12.3 Å². The van der Waals surface area contributed by atoms with Gasteiger partial charge >= 0.3 is 0 Å². The van der Waals surface area contributed by atoms with Gasteiger partial charge in [-0.1, -0.05) is 29.3 Å². The lowest BCUT2D eigenvalue weighted by atomic mass is 10.1. The monoisotopic (exact) mass is 502 g/mol. The highest BCUT2D eigenvalue weighted by atomic mass is 35.5. The normalized spacial score (nSPS) is 18.6. The van der Waals surface area contributed by atoms with E-state index in [1.807, 2.05) is 35.4 Å². The largest absolute Gasteiger partial charge is 0.394 e. The van der Waals surface area contributed by atoms with Crippen LogP contribution in [-0.4, -0.2) is 71.4 Å². The Balaban J connectivity index is 1.49. The molecule has 1 amide bonds. The van der Waals surface area contributed by atoms with E-state index in [1.165, 1.54) is 13.5 Å². The highest BCUT2D eigenvalue weighted by Crippen LogP contribution is 2.34. The van der Waals surface area contributed by atoms with Gasteiger partial charge in [-0.3, -0.25) is 9.69 Å². The number of hydroxylamine groups is 1. The quantitative estimate of drug-likeness (QED) is 0.557. The van der Waals surface area contributed by atoms with Gasteiger partial charge in [-0.05, 0) is 24.3 Å². The van der Waals surface area contributed by atoms with Crippen LogP contribution in [-0.2, 0) is 20.9 Å². The van der Waals surface area contributed by atoms with Gasteiger partial charge in [0, 0.05) is 62.2 Å². The summed E-state index contributed by atoms with van der Waals surface area (Å²) in [5, 5.41) is 1.12. The van der Waals surface area contributed by atoms with Crippen molar-refractivity contribution in [3.05, 3.63) is 57.8 Å². The molecule has 0 aliphatic carbocycles. The number of hydrogen-bond donors (Lipinski definition) is 1. The van der Waals surface area contributed by atoms with E-state index >= 15 is 0 Å². The summed E-state index contributed by atoms with van der Waals surface area (Å²) in [4.78, 5) is 30.6. The number of piperazine rings is 1. The predicted octanol–water partition coefficient (Wildman–Crippen LogP) is 3.16. The summed E-state index contributed by atoms with van der Waals surface area (Å²) in [7, 11) is 1.54. The molecule has 34 heavy (non-hydrogen) atoms. The molecule has 1 aromatic carbocycles. The number of pyridine rings is 1. The van der Waals surface area contributed by atoms with Crippen molar-refractivity contribution in [3.8, 4) is 11.3 Å². The van der Waals surface area contributed by atoms with Crippen LogP contribution in [0.1, 0.15) is 17.4 Å². The number of rotatable bonds is 6. The summed E-state index contributed by atoms with van der Waals surface area (Å²) < 4.78 is 7.07. The number of nitrogens with one attached hydrogen (secondary N) is 1. The summed E-state index contributed by atoms with van der Waals surface area (Å²) in [5.74, 6) is 0.0158. The first-order valence-corrected chi connectivity index (χ1v) is 11.7. The number of amides is 1. The zero-order valence-electron chi connectivity index (χ0n) is 18.6. The van der Waals surface area contributed by atoms with Crippen molar-refractivity contribution < 1.29 is 14.4 Å². The van der Waals surface area contributed by atoms with E-state index in [0.29, 0.717) is 29.7 Å². The molecule has 178 valence electrons. The molecular formula is C23H24Cl2N6O3. The third-order valence-corrected chi connectivity index (χ3v) is 6.60. The van der Waals surface area contributed by atoms with Crippen molar-refractivity contribution in [1.82, 2.24) is 24.7 Å². The van der Waals surface area contributed by atoms with Gasteiger partial charge in [-0.15, -0.1) is 5.48 Å². The molecule has 3 aromatic rings. The third kappa shape index (κ3) is 4.62. The van der Waals surface area contributed by atoms with Crippen molar-refractivity contribution in [2.24, 2.45) is 4.99 Å². The number of aromatic nitrogens is 2. The van der Waals surface area contributed by atoms with E-state index in [9.17, 15) is 4.79 Å². The van der Waals surface area contributed by atoms with Crippen molar-refractivity contribution in [2.45, 2.75) is 12.7 Å². The Morgan fingerprint density at radius 3 is 2.74 bits per heavy atom. The molecule has 0 saturated carbocycles. The van der Waals surface area contributed by atoms with E-state index in [4.69, 9.17) is 37.8 Å². The number of hydrogen-bond acceptors (Lipinski definition) is 7. The molecule has 1 saturated heterocycles. The highest BCUT2D eigenvalue weighted by Gasteiger charge is 2.25. The molecule has 1 N–H and O–H groups in total. The van der Waals surface area contributed by atoms with Crippen LogP contribution in [0.3, 0.4) is 0 Å². The van der Waals surface area contributed by atoms with Crippen molar-refractivity contribution in [2.75, 3.05) is 39.9 Å². The van der Waals surface area contributed by atoms with Crippen molar-refractivity contribution in [1.29, 1.82) is 0 Å². The second kappa shape index (κ2) is 9.89. The summed E-state index contributed by atoms with van der Waals surface area (Å²) in [6.07, 6.45) is 3.14. The molecular weight excluding hydrogens is 479 g/mol. The lowest BCUT2D eigenvalue weighted by Gasteiger charge is -2.34. The molecule has 11 heteroatoms. The second-order valence-corrected chi connectivity index (χ2v) is 9.05. The molecule has 1 atom stereocenters. The fraction of sp³-hybridized carbons (Fsp3) is 0.348. The van der Waals surface area contributed by atoms with Crippen LogP contribution in [0, 0.1) is 0 Å². The van der Waals surface area contributed by atoms with Gasteiger partial charge < -0.3 is 18.9 Å². The number of nitrogens with zero attached hydrogens (tertiary/aromatic N) is 5. The zero-order chi connectivity index (χ0) is 23.7. The van der Waals surface area contributed by atoms with Crippen LogP contribution in [0.5, 0.6) is 0 Å². The SMILES string of the molecule is COCC(=O)N1CCN(Cc2c(-c3ccc(Cl)cc3Cl)nc3ccc(C4N=CON4)cn23)CC1.